The molecule has 0 saturated carbocycles. The largest absolute Gasteiger partial charge is 0.369 e. The van der Waals surface area contributed by atoms with Crippen molar-refractivity contribution < 1.29 is 0 Å². The predicted octanol–water partition coefficient (Wildman–Crippen LogP) is 2.40. The van der Waals surface area contributed by atoms with Gasteiger partial charge < -0.3 is 10.3 Å². The molecule has 4 heteroatoms. The molecule has 1 aromatic heterocycles. The Bertz CT molecular complexity index is 448. The first kappa shape index (κ1) is 9.52. The normalized spacial score (nSPS) is 13.3. The van der Waals surface area contributed by atoms with Gasteiger partial charge in [-0.1, -0.05) is 35.0 Å². The Morgan fingerprint density at radius 1 is 1.50 bits per heavy atom. The Kier molecular flexibility index (Phi) is 2.46. The first-order valence-corrected chi connectivity index (χ1v) is 5.45. The number of nitrogens with zero attached hydrogens (tertiary/aromatic N) is 2. The summed E-state index contributed by atoms with van der Waals surface area (Å²) in [5, 5.41) is 0. The molecule has 2 rings (SSSR count). The van der Waals surface area contributed by atoms with Crippen molar-refractivity contribution in [1.29, 1.82) is 0 Å². The minimum absolute atomic E-state index is 0.391. The van der Waals surface area contributed by atoms with E-state index in [9.17, 15) is 0 Å². The molecule has 0 amide bonds. The van der Waals surface area contributed by atoms with E-state index < -0.39 is 0 Å². The van der Waals surface area contributed by atoms with Crippen LogP contribution in [0.2, 0.25) is 0 Å². The zero-order valence-electron chi connectivity index (χ0n) is 7.94. The molecule has 1 atom stereocenters. The third-order valence-electron chi connectivity index (χ3n) is 2.12. The average molecular weight is 254 g/mol. The van der Waals surface area contributed by atoms with E-state index in [0.717, 1.165) is 17.6 Å². The molecule has 3 nitrogen and oxygen atoms in total. The van der Waals surface area contributed by atoms with Crippen LogP contribution in [-0.2, 0) is 6.54 Å². The van der Waals surface area contributed by atoms with Crippen LogP contribution in [0, 0.1) is 0 Å². The van der Waals surface area contributed by atoms with Crippen LogP contribution in [0.1, 0.15) is 6.92 Å². The van der Waals surface area contributed by atoms with E-state index in [0.29, 0.717) is 10.8 Å². The van der Waals surface area contributed by atoms with E-state index >= 15 is 0 Å². The van der Waals surface area contributed by atoms with Crippen LogP contribution in [-0.4, -0.2) is 14.4 Å². The van der Waals surface area contributed by atoms with Gasteiger partial charge in [0.2, 0.25) is 5.95 Å². The molecule has 0 aliphatic heterocycles. The molecular weight excluding hydrogens is 242 g/mol. The first-order chi connectivity index (χ1) is 6.68. The summed E-state index contributed by atoms with van der Waals surface area (Å²) in [5.41, 5.74) is 7.88. The van der Waals surface area contributed by atoms with E-state index in [-0.39, 0.29) is 0 Å². The summed E-state index contributed by atoms with van der Waals surface area (Å²) in [6, 6.07) is 7.98. The van der Waals surface area contributed by atoms with Gasteiger partial charge in [-0.15, -0.1) is 0 Å². The number of nitrogen functional groups attached to an aromatic ring is 1. The summed E-state index contributed by atoms with van der Waals surface area (Å²) in [4.78, 5) is 4.68. The molecule has 1 aromatic carbocycles. The van der Waals surface area contributed by atoms with E-state index in [2.05, 4.69) is 27.8 Å². The van der Waals surface area contributed by atoms with Crippen LogP contribution in [0.5, 0.6) is 0 Å². The van der Waals surface area contributed by atoms with Crippen molar-refractivity contribution in [2.24, 2.45) is 0 Å². The molecular formula is C10H12BrN3. The molecule has 2 N–H and O–H groups in total. The third kappa shape index (κ3) is 1.62. The number of nitrogens with two attached hydrogens (primary N) is 1. The van der Waals surface area contributed by atoms with Gasteiger partial charge in [0.05, 0.1) is 11.0 Å². The number of aromatic nitrogens is 2. The van der Waals surface area contributed by atoms with Crippen molar-refractivity contribution in [1.82, 2.24) is 9.55 Å². The fourth-order valence-electron chi connectivity index (χ4n) is 1.54. The monoisotopic (exact) mass is 253 g/mol. The standard InChI is InChI=1S/C10H12BrN3/c1-7(11)6-14-9-5-3-2-4-8(9)13-10(14)12/h2-5,7H,6H2,1H3,(H2,12,13). The van der Waals surface area contributed by atoms with Crippen molar-refractivity contribution in [3.8, 4) is 0 Å². The number of hydrogen-bond acceptors (Lipinski definition) is 2. The lowest BCUT2D eigenvalue weighted by Gasteiger charge is -2.07. The number of fused-ring (bicyclic) bond motifs is 1. The summed E-state index contributed by atoms with van der Waals surface area (Å²) in [5.74, 6) is 0.581. The summed E-state index contributed by atoms with van der Waals surface area (Å²) in [6.45, 7) is 2.93. The van der Waals surface area contributed by atoms with Crippen LogP contribution >= 0.6 is 15.9 Å². The van der Waals surface area contributed by atoms with Crippen molar-refractivity contribution in [3.63, 3.8) is 0 Å². The number of rotatable bonds is 2. The van der Waals surface area contributed by atoms with Gasteiger partial charge in [0, 0.05) is 11.4 Å². The molecule has 74 valence electrons. The van der Waals surface area contributed by atoms with Gasteiger partial charge in [-0.2, -0.15) is 0 Å². The maximum absolute atomic E-state index is 5.83. The number of alkyl halides is 1. The molecule has 0 radical (unpaired) electrons. The second-order valence-corrected chi connectivity index (χ2v) is 4.91. The Balaban J connectivity index is 2.56. The third-order valence-corrected chi connectivity index (χ3v) is 2.41. The van der Waals surface area contributed by atoms with E-state index in [4.69, 9.17) is 5.73 Å². The van der Waals surface area contributed by atoms with Crippen LogP contribution in [0.3, 0.4) is 0 Å². The number of imidazole rings is 1. The zero-order valence-corrected chi connectivity index (χ0v) is 9.53. The van der Waals surface area contributed by atoms with Crippen molar-refractivity contribution in [2.45, 2.75) is 18.3 Å². The van der Waals surface area contributed by atoms with Crippen molar-refractivity contribution >= 4 is 32.9 Å². The molecule has 1 unspecified atom stereocenters. The second kappa shape index (κ2) is 3.61. The van der Waals surface area contributed by atoms with Gasteiger partial charge in [-0.3, -0.25) is 0 Å². The number of para-hydroxylation sites is 2. The first-order valence-electron chi connectivity index (χ1n) is 4.53. The topological polar surface area (TPSA) is 43.8 Å². The SMILES string of the molecule is CC(Br)Cn1c(N)nc2ccccc21. The van der Waals surface area contributed by atoms with E-state index in [1.165, 1.54) is 0 Å². The quantitative estimate of drug-likeness (QED) is 0.836. The molecule has 0 fully saturated rings. The average Bonchev–Trinajstić information content (AvgIpc) is 2.43. The smallest absolute Gasteiger partial charge is 0.201 e. The van der Waals surface area contributed by atoms with Crippen LogP contribution in [0.25, 0.3) is 11.0 Å². The maximum atomic E-state index is 5.83. The maximum Gasteiger partial charge on any atom is 0.201 e. The summed E-state index contributed by atoms with van der Waals surface area (Å²) in [7, 11) is 0. The molecule has 14 heavy (non-hydrogen) atoms. The fraction of sp³-hybridized carbons (Fsp3) is 0.300. The van der Waals surface area contributed by atoms with E-state index in [1.807, 2.05) is 28.8 Å². The van der Waals surface area contributed by atoms with Gasteiger partial charge in [-0.25, -0.2) is 4.98 Å². The number of halogens is 1. The van der Waals surface area contributed by atoms with Gasteiger partial charge in [0.25, 0.3) is 0 Å². The lowest BCUT2D eigenvalue weighted by atomic mass is 10.3. The highest BCUT2D eigenvalue weighted by Gasteiger charge is 2.08. The molecule has 1 heterocycles. The molecule has 2 aromatic rings. The Morgan fingerprint density at radius 2 is 2.21 bits per heavy atom. The van der Waals surface area contributed by atoms with Crippen LogP contribution < -0.4 is 5.73 Å². The summed E-state index contributed by atoms with van der Waals surface area (Å²) < 4.78 is 2.02. The van der Waals surface area contributed by atoms with Crippen LogP contribution in [0.15, 0.2) is 24.3 Å². The van der Waals surface area contributed by atoms with Gasteiger partial charge in [0.15, 0.2) is 0 Å². The van der Waals surface area contributed by atoms with Crippen molar-refractivity contribution in [3.05, 3.63) is 24.3 Å². The minimum atomic E-state index is 0.391. The molecule has 0 saturated heterocycles. The highest BCUT2D eigenvalue weighted by molar-refractivity contribution is 9.09. The fourth-order valence-corrected chi connectivity index (χ4v) is 1.83. The Hall–Kier alpha value is -1.03. The summed E-state index contributed by atoms with van der Waals surface area (Å²) >= 11 is 3.51. The van der Waals surface area contributed by atoms with Gasteiger partial charge in [0.1, 0.15) is 0 Å². The highest BCUT2D eigenvalue weighted by atomic mass is 79.9. The predicted molar refractivity (Wildman–Crippen MR) is 62.5 cm³/mol. The van der Waals surface area contributed by atoms with Crippen LogP contribution in [0.4, 0.5) is 5.95 Å². The number of anilines is 1. The molecule has 0 spiro atoms. The Labute approximate surface area is 91.1 Å². The van der Waals surface area contributed by atoms with Gasteiger partial charge in [-0.05, 0) is 12.1 Å². The molecule has 0 bridgehead atoms. The Morgan fingerprint density at radius 3 is 2.93 bits per heavy atom. The second-order valence-electron chi connectivity index (χ2n) is 3.35. The molecule has 0 aliphatic rings. The lowest BCUT2D eigenvalue weighted by Crippen LogP contribution is -2.09. The van der Waals surface area contributed by atoms with E-state index in [1.54, 1.807) is 0 Å². The van der Waals surface area contributed by atoms with Gasteiger partial charge >= 0.3 is 0 Å². The zero-order chi connectivity index (χ0) is 10.1. The van der Waals surface area contributed by atoms with Crippen molar-refractivity contribution in [2.75, 3.05) is 5.73 Å². The number of benzene rings is 1. The molecule has 0 aliphatic carbocycles. The summed E-state index contributed by atoms with van der Waals surface area (Å²) in [6.07, 6.45) is 0. The lowest BCUT2D eigenvalue weighted by molar-refractivity contribution is 0.728. The highest BCUT2D eigenvalue weighted by Crippen LogP contribution is 2.18. The number of hydrogen-bond donors (Lipinski definition) is 1. The minimum Gasteiger partial charge on any atom is -0.369 e.